The SMILES string of the molecule is Cc1nc([C@H]2CN(CC(N)=O)CCO2)cc(N2CCOCC2)n1. The second-order valence-electron chi connectivity index (χ2n) is 5.86. The molecule has 0 aromatic carbocycles. The summed E-state index contributed by atoms with van der Waals surface area (Å²) in [6, 6.07) is 1.98. The van der Waals surface area contributed by atoms with Crippen LogP contribution in [0.3, 0.4) is 0 Å². The van der Waals surface area contributed by atoms with Gasteiger partial charge in [0.15, 0.2) is 0 Å². The number of hydrogen-bond donors (Lipinski definition) is 1. The Balaban J connectivity index is 1.76. The number of ether oxygens (including phenoxy) is 2. The van der Waals surface area contributed by atoms with E-state index in [1.54, 1.807) is 0 Å². The molecule has 0 aliphatic carbocycles. The third-order valence-corrected chi connectivity index (χ3v) is 4.04. The smallest absolute Gasteiger partial charge is 0.231 e. The minimum Gasteiger partial charge on any atom is -0.378 e. The van der Waals surface area contributed by atoms with Gasteiger partial charge in [0.1, 0.15) is 17.7 Å². The van der Waals surface area contributed by atoms with E-state index in [9.17, 15) is 4.79 Å². The van der Waals surface area contributed by atoms with E-state index in [0.717, 1.165) is 30.4 Å². The van der Waals surface area contributed by atoms with Crippen molar-refractivity contribution in [2.75, 3.05) is 57.4 Å². The fourth-order valence-corrected chi connectivity index (χ4v) is 2.94. The van der Waals surface area contributed by atoms with Crippen LogP contribution in [0.15, 0.2) is 6.07 Å². The lowest BCUT2D eigenvalue weighted by Crippen LogP contribution is -2.43. The van der Waals surface area contributed by atoms with E-state index in [1.807, 2.05) is 17.9 Å². The maximum Gasteiger partial charge on any atom is 0.231 e. The fourth-order valence-electron chi connectivity index (χ4n) is 2.94. The van der Waals surface area contributed by atoms with Crippen molar-refractivity contribution in [2.24, 2.45) is 5.73 Å². The van der Waals surface area contributed by atoms with Gasteiger partial charge in [-0.2, -0.15) is 0 Å². The van der Waals surface area contributed by atoms with Crippen molar-refractivity contribution in [3.8, 4) is 0 Å². The standard InChI is InChI=1S/C15H23N5O3/c1-11-17-12(8-15(18-11)20-3-5-22-6-4-20)13-9-19(2-7-23-13)10-14(16)21/h8,13H,2-7,9-10H2,1H3,(H2,16,21)/t13-/m1/s1. The van der Waals surface area contributed by atoms with Crippen LogP contribution >= 0.6 is 0 Å². The summed E-state index contributed by atoms with van der Waals surface area (Å²) in [5.41, 5.74) is 6.14. The average molecular weight is 321 g/mol. The van der Waals surface area contributed by atoms with E-state index in [-0.39, 0.29) is 18.6 Å². The van der Waals surface area contributed by atoms with Gasteiger partial charge in [-0.3, -0.25) is 9.69 Å². The second-order valence-corrected chi connectivity index (χ2v) is 5.86. The van der Waals surface area contributed by atoms with Crippen molar-refractivity contribution in [3.63, 3.8) is 0 Å². The van der Waals surface area contributed by atoms with Crippen LogP contribution < -0.4 is 10.6 Å². The Morgan fingerprint density at radius 1 is 1.30 bits per heavy atom. The van der Waals surface area contributed by atoms with Crippen LogP contribution in [0.4, 0.5) is 5.82 Å². The minimum atomic E-state index is -0.321. The number of nitrogens with zero attached hydrogens (tertiary/aromatic N) is 4. The Bertz CT molecular complexity index is 562. The van der Waals surface area contributed by atoms with Gasteiger partial charge in [0, 0.05) is 32.2 Å². The first kappa shape index (κ1) is 16.1. The van der Waals surface area contributed by atoms with Crippen molar-refractivity contribution in [1.82, 2.24) is 14.9 Å². The number of nitrogens with two attached hydrogens (primary N) is 1. The molecule has 2 saturated heterocycles. The third-order valence-electron chi connectivity index (χ3n) is 4.04. The highest BCUT2D eigenvalue weighted by Crippen LogP contribution is 2.24. The first-order valence-corrected chi connectivity index (χ1v) is 7.92. The summed E-state index contributed by atoms with van der Waals surface area (Å²) in [5, 5.41) is 0. The molecule has 126 valence electrons. The van der Waals surface area contributed by atoms with Crippen LogP contribution in [-0.4, -0.2) is 73.3 Å². The summed E-state index contributed by atoms with van der Waals surface area (Å²) >= 11 is 0. The van der Waals surface area contributed by atoms with Crippen LogP contribution in [0.2, 0.25) is 0 Å². The van der Waals surface area contributed by atoms with Crippen molar-refractivity contribution in [1.29, 1.82) is 0 Å². The number of amides is 1. The lowest BCUT2D eigenvalue weighted by atomic mass is 10.2. The highest BCUT2D eigenvalue weighted by molar-refractivity contribution is 5.75. The van der Waals surface area contributed by atoms with Gasteiger partial charge in [0.25, 0.3) is 0 Å². The molecule has 0 radical (unpaired) electrons. The van der Waals surface area contributed by atoms with Crippen molar-refractivity contribution < 1.29 is 14.3 Å². The molecular weight excluding hydrogens is 298 g/mol. The van der Waals surface area contributed by atoms with E-state index >= 15 is 0 Å². The summed E-state index contributed by atoms with van der Waals surface area (Å²) in [4.78, 5) is 24.4. The van der Waals surface area contributed by atoms with Crippen LogP contribution in [0.25, 0.3) is 0 Å². The highest BCUT2D eigenvalue weighted by Gasteiger charge is 2.25. The Kier molecular flexibility index (Phi) is 5.04. The number of rotatable bonds is 4. The summed E-state index contributed by atoms with van der Waals surface area (Å²) in [6.45, 7) is 7.10. The van der Waals surface area contributed by atoms with Crippen molar-refractivity contribution in [2.45, 2.75) is 13.0 Å². The Hall–Kier alpha value is -1.77. The van der Waals surface area contributed by atoms with Crippen molar-refractivity contribution >= 4 is 11.7 Å². The van der Waals surface area contributed by atoms with Gasteiger partial charge in [-0.05, 0) is 6.92 Å². The molecule has 23 heavy (non-hydrogen) atoms. The third kappa shape index (κ3) is 4.15. The molecule has 0 unspecified atom stereocenters. The van der Waals surface area contributed by atoms with E-state index < -0.39 is 0 Å². The summed E-state index contributed by atoms with van der Waals surface area (Å²) in [6.07, 6.45) is -0.162. The van der Waals surface area contributed by atoms with Gasteiger partial charge in [0.2, 0.25) is 5.91 Å². The number of primary amides is 1. The second kappa shape index (κ2) is 7.20. The van der Waals surface area contributed by atoms with Crippen LogP contribution in [0, 0.1) is 6.92 Å². The maximum absolute atomic E-state index is 11.1. The normalized spacial score (nSPS) is 23.0. The van der Waals surface area contributed by atoms with Gasteiger partial charge in [-0.1, -0.05) is 0 Å². The highest BCUT2D eigenvalue weighted by atomic mass is 16.5. The summed E-state index contributed by atoms with van der Waals surface area (Å²) in [7, 11) is 0. The molecule has 8 heteroatoms. The topological polar surface area (TPSA) is 93.8 Å². The number of hydrogen-bond acceptors (Lipinski definition) is 7. The van der Waals surface area contributed by atoms with E-state index in [2.05, 4.69) is 14.9 Å². The quantitative estimate of drug-likeness (QED) is 0.797. The number of carbonyl (C=O) groups excluding carboxylic acids is 1. The Labute approximate surface area is 135 Å². The molecule has 3 heterocycles. The zero-order valence-corrected chi connectivity index (χ0v) is 13.4. The van der Waals surface area contributed by atoms with Gasteiger partial charge in [0.05, 0.1) is 32.1 Å². The summed E-state index contributed by atoms with van der Waals surface area (Å²) < 4.78 is 11.2. The van der Waals surface area contributed by atoms with Gasteiger partial charge in [-0.25, -0.2) is 9.97 Å². The number of aromatic nitrogens is 2. The number of morpholine rings is 2. The lowest BCUT2D eigenvalue weighted by Gasteiger charge is -2.33. The van der Waals surface area contributed by atoms with Gasteiger partial charge < -0.3 is 20.1 Å². The first-order valence-electron chi connectivity index (χ1n) is 7.92. The molecule has 2 aliphatic rings. The lowest BCUT2D eigenvalue weighted by molar-refractivity contribution is -0.121. The fraction of sp³-hybridized carbons (Fsp3) is 0.667. The van der Waals surface area contributed by atoms with Crippen LogP contribution in [0.5, 0.6) is 0 Å². The molecule has 1 aromatic heterocycles. The summed E-state index contributed by atoms with van der Waals surface area (Å²) in [5.74, 6) is 1.31. The molecule has 0 spiro atoms. The maximum atomic E-state index is 11.1. The Morgan fingerprint density at radius 2 is 2.09 bits per heavy atom. The molecule has 3 rings (SSSR count). The zero-order chi connectivity index (χ0) is 16.2. The Morgan fingerprint density at radius 3 is 2.83 bits per heavy atom. The van der Waals surface area contributed by atoms with E-state index in [1.165, 1.54) is 0 Å². The van der Waals surface area contributed by atoms with Crippen LogP contribution in [0.1, 0.15) is 17.6 Å². The number of carbonyl (C=O) groups is 1. The molecule has 1 aromatic rings. The van der Waals surface area contributed by atoms with Gasteiger partial charge >= 0.3 is 0 Å². The van der Waals surface area contributed by atoms with Crippen molar-refractivity contribution in [3.05, 3.63) is 17.6 Å². The monoisotopic (exact) mass is 321 g/mol. The molecule has 2 fully saturated rings. The molecule has 0 saturated carbocycles. The molecule has 1 amide bonds. The molecule has 8 nitrogen and oxygen atoms in total. The zero-order valence-electron chi connectivity index (χ0n) is 13.4. The molecule has 2 aliphatic heterocycles. The van der Waals surface area contributed by atoms with Gasteiger partial charge in [-0.15, -0.1) is 0 Å². The van der Waals surface area contributed by atoms with E-state index in [0.29, 0.717) is 32.9 Å². The number of aryl methyl sites for hydroxylation is 1. The minimum absolute atomic E-state index is 0.162. The molecule has 2 N–H and O–H groups in total. The predicted octanol–water partition coefficient (Wildman–Crippen LogP) is -0.520. The number of anilines is 1. The molecular formula is C15H23N5O3. The van der Waals surface area contributed by atoms with E-state index in [4.69, 9.17) is 15.2 Å². The van der Waals surface area contributed by atoms with Crippen LogP contribution in [-0.2, 0) is 14.3 Å². The predicted molar refractivity (Wildman–Crippen MR) is 84.1 cm³/mol. The first-order chi connectivity index (χ1) is 11.1. The average Bonchev–Trinajstić information content (AvgIpc) is 2.55. The molecule has 0 bridgehead atoms. The molecule has 1 atom stereocenters. The largest absolute Gasteiger partial charge is 0.378 e.